The molecule has 2 aliphatic rings. The van der Waals surface area contributed by atoms with Gasteiger partial charge in [0.05, 0.1) is 17.6 Å². The van der Waals surface area contributed by atoms with Gasteiger partial charge >= 0.3 is 0 Å². The van der Waals surface area contributed by atoms with Crippen molar-refractivity contribution >= 4 is 40.8 Å². The van der Waals surface area contributed by atoms with Crippen molar-refractivity contribution in [1.29, 1.82) is 0 Å². The number of benzene rings is 1. The Morgan fingerprint density at radius 3 is 2.81 bits per heavy atom. The van der Waals surface area contributed by atoms with Gasteiger partial charge in [0, 0.05) is 35.7 Å². The number of aromatic nitrogens is 1. The van der Waals surface area contributed by atoms with E-state index in [1.54, 1.807) is 30.1 Å². The number of fused-ring (bicyclic) bond motifs is 1. The quantitative estimate of drug-likeness (QED) is 0.869. The molecule has 1 aromatic carbocycles. The Morgan fingerprint density at radius 1 is 1.19 bits per heavy atom. The number of pyridine rings is 1. The van der Waals surface area contributed by atoms with Crippen LogP contribution in [0.5, 0.6) is 0 Å². The third-order valence-electron chi connectivity index (χ3n) is 4.54. The minimum absolute atomic E-state index is 0.0180. The average molecular weight is 368 g/mol. The predicted molar refractivity (Wildman–Crippen MR) is 104 cm³/mol. The third-order valence-corrected chi connectivity index (χ3v) is 5.61. The van der Waals surface area contributed by atoms with E-state index in [2.05, 4.69) is 20.5 Å². The van der Waals surface area contributed by atoms with Crippen molar-refractivity contribution in [1.82, 2.24) is 4.98 Å². The molecule has 134 valence electrons. The molecule has 6 nitrogen and oxygen atoms in total. The lowest BCUT2D eigenvalue weighted by Crippen LogP contribution is -2.19. The molecule has 1 saturated heterocycles. The van der Waals surface area contributed by atoms with E-state index < -0.39 is 0 Å². The summed E-state index contributed by atoms with van der Waals surface area (Å²) in [7, 11) is 0. The van der Waals surface area contributed by atoms with Crippen LogP contribution in [0.25, 0.3) is 0 Å². The molecule has 3 heterocycles. The van der Waals surface area contributed by atoms with Gasteiger partial charge in [0.15, 0.2) is 0 Å². The van der Waals surface area contributed by atoms with Gasteiger partial charge in [0.1, 0.15) is 5.82 Å². The highest BCUT2D eigenvalue weighted by atomic mass is 32.2. The van der Waals surface area contributed by atoms with E-state index in [0.717, 1.165) is 29.6 Å². The molecule has 2 aliphatic heterocycles. The highest BCUT2D eigenvalue weighted by Crippen LogP contribution is 2.31. The fourth-order valence-corrected chi connectivity index (χ4v) is 4.09. The van der Waals surface area contributed by atoms with E-state index in [-0.39, 0.29) is 11.8 Å². The molecule has 0 unspecified atom stereocenters. The zero-order valence-electron chi connectivity index (χ0n) is 14.3. The summed E-state index contributed by atoms with van der Waals surface area (Å²) in [5, 5.41) is 5.73. The Hall–Kier alpha value is -2.54. The van der Waals surface area contributed by atoms with Crippen molar-refractivity contribution in [3.8, 4) is 0 Å². The fourth-order valence-electron chi connectivity index (χ4n) is 3.16. The Morgan fingerprint density at radius 2 is 2.04 bits per heavy atom. The minimum Gasteiger partial charge on any atom is -0.357 e. The smallest absolute Gasteiger partial charge is 0.255 e. The second-order valence-electron chi connectivity index (χ2n) is 6.41. The maximum atomic E-state index is 12.5. The molecule has 2 amide bonds. The SMILES string of the molecule is O=C1CCSc2ccc(C(=O)Nc3ccc(N4CCCC4)nc3)cc2N1. The Bertz CT molecular complexity index is 832. The monoisotopic (exact) mass is 368 g/mol. The molecule has 4 rings (SSSR count). The molecule has 1 fully saturated rings. The average Bonchev–Trinajstić information content (AvgIpc) is 3.11. The van der Waals surface area contributed by atoms with Crippen LogP contribution < -0.4 is 15.5 Å². The van der Waals surface area contributed by atoms with Gasteiger partial charge in [-0.05, 0) is 43.2 Å². The van der Waals surface area contributed by atoms with E-state index in [0.29, 0.717) is 23.4 Å². The van der Waals surface area contributed by atoms with Crippen LogP contribution in [0.1, 0.15) is 29.6 Å². The number of anilines is 3. The molecule has 0 aliphatic carbocycles. The van der Waals surface area contributed by atoms with Gasteiger partial charge in [-0.1, -0.05) is 0 Å². The second-order valence-corrected chi connectivity index (χ2v) is 7.55. The minimum atomic E-state index is -0.216. The molecule has 1 aromatic heterocycles. The topological polar surface area (TPSA) is 74.3 Å². The lowest BCUT2D eigenvalue weighted by Gasteiger charge is -2.16. The molecule has 0 saturated carbocycles. The standard InChI is InChI=1S/C19H20N4O2S/c24-18-7-10-26-16-5-3-13(11-15(16)22-18)19(25)21-14-4-6-17(20-12-14)23-8-1-2-9-23/h3-6,11-12H,1-2,7-10H2,(H,21,25)(H,22,24). The highest BCUT2D eigenvalue weighted by Gasteiger charge is 2.17. The van der Waals surface area contributed by atoms with Crippen LogP contribution in [0, 0.1) is 0 Å². The van der Waals surface area contributed by atoms with Gasteiger partial charge in [-0.15, -0.1) is 11.8 Å². The summed E-state index contributed by atoms with van der Waals surface area (Å²) < 4.78 is 0. The number of rotatable bonds is 3. The van der Waals surface area contributed by atoms with Crippen molar-refractivity contribution in [2.24, 2.45) is 0 Å². The molecule has 7 heteroatoms. The first kappa shape index (κ1) is 16.9. The number of thioether (sulfide) groups is 1. The Kier molecular flexibility index (Phi) is 4.79. The summed E-state index contributed by atoms with van der Waals surface area (Å²) >= 11 is 1.62. The lowest BCUT2D eigenvalue weighted by atomic mass is 10.1. The lowest BCUT2D eigenvalue weighted by molar-refractivity contribution is -0.115. The van der Waals surface area contributed by atoms with Crippen molar-refractivity contribution in [3.05, 3.63) is 42.1 Å². The third kappa shape index (κ3) is 3.67. The molecular formula is C19H20N4O2S. The normalized spacial score (nSPS) is 16.6. The van der Waals surface area contributed by atoms with Crippen molar-refractivity contribution in [3.63, 3.8) is 0 Å². The number of hydrogen-bond acceptors (Lipinski definition) is 5. The largest absolute Gasteiger partial charge is 0.357 e. The van der Waals surface area contributed by atoms with E-state index in [9.17, 15) is 9.59 Å². The summed E-state index contributed by atoms with van der Waals surface area (Å²) in [6.07, 6.45) is 4.57. The number of carbonyl (C=O) groups excluding carboxylic acids is 2. The second kappa shape index (κ2) is 7.37. The van der Waals surface area contributed by atoms with Gasteiger partial charge in [0.25, 0.3) is 5.91 Å². The number of carbonyl (C=O) groups is 2. The van der Waals surface area contributed by atoms with Crippen LogP contribution in [0.2, 0.25) is 0 Å². The van der Waals surface area contributed by atoms with Gasteiger partial charge in [-0.3, -0.25) is 9.59 Å². The molecular weight excluding hydrogens is 348 g/mol. The van der Waals surface area contributed by atoms with Crippen LogP contribution in [0.3, 0.4) is 0 Å². The van der Waals surface area contributed by atoms with Crippen LogP contribution in [0.15, 0.2) is 41.4 Å². The zero-order valence-corrected chi connectivity index (χ0v) is 15.1. The molecule has 0 radical (unpaired) electrons. The number of nitrogens with zero attached hydrogens (tertiary/aromatic N) is 2. The number of hydrogen-bond donors (Lipinski definition) is 2. The summed E-state index contributed by atoms with van der Waals surface area (Å²) in [5.41, 5.74) is 1.87. The van der Waals surface area contributed by atoms with E-state index in [1.165, 1.54) is 12.8 Å². The zero-order chi connectivity index (χ0) is 17.9. The van der Waals surface area contributed by atoms with Crippen molar-refractivity contribution < 1.29 is 9.59 Å². The van der Waals surface area contributed by atoms with Gasteiger partial charge in [-0.2, -0.15) is 0 Å². The summed E-state index contributed by atoms with van der Waals surface area (Å²) in [5.74, 6) is 1.46. The molecule has 0 bridgehead atoms. The maximum absolute atomic E-state index is 12.5. The van der Waals surface area contributed by atoms with Crippen LogP contribution in [-0.2, 0) is 4.79 Å². The van der Waals surface area contributed by atoms with E-state index >= 15 is 0 Å². The fraction of sp³-hybridized carbons (Fsp3) is 0.316. The van der Waals surface area contributed by atoms with E-state index in [1.807, 2.05) is 18.2 Å². The number of nitrogens with one attached hydrogen (secondary N) is 2. The molecule has 26 heavy (non-hydrogen) atoms. The maximum Gasteiger partial charge on any atom is 0.255 e. The highest BCUT2D eigenvalue weighted by molar-refractivity contribution is 7.99. The molecule has 2 aromatic rings. The summed E-state index contributed by atoms with van der Waals surface area (Å²) in [4.78, 5) is 32.0. The van der Waals surface area contributed by atoms with Crippen LogP contribution in [0.4, 0.5) is 17.2 Å². The molecule has 0 spiro atoms. The number of amides is 2. The Labute approximate surface area is 156 Å². The first-order valence-electron chi connectivity index (χ1n) is 8.78. The van der Waals surface area contributed by atoms with Gasteiger partial charge < -0.3 is 15.5 Å². The molecule has 2 N–H and O–H groups in total. The summed E-state index contributed by atoms with van der Waals surface area (Å²) in [6, 6.07) is 9.21. The van der Waals surface area contributed by atoms with Gasteiger partial charge in [0.2, 0.25) is 5.91 Å². The van der Waals surface area contributed by atoms with E-state index in [4.69, 9.17) is 0 Å². The van der Waals surface area contributed by atoms with Crippen molar-refractivity contribution in [2.45, 2.75) is 24.2 Å². The first-order chi connectivity index (χ1) is 12.7. The Balaban J connectivity index is 1.47. The first-order valence-corrected chi connectivity index (χ1v) is 9.77. The van der Waals surface area contributed by atoms with Crippen LogP contribution >= 0.6 is 11.8 Å². The predicted octanol–water partition coefficient (Wildman–Crippen LogP) is 3.37. The van der Waals surface area contributed by atoms with Crippen molar-refractivity contribution in [2.75, 3.05) is 34.4 Å². The summed E-state index contributed by atoms with van der Waals surface area (Å²) in [6.45, 7) is 2.08. The van der Waals surface area contributed by atoms with Crippen LogP contribution in [-0.4, -0.2) is 35.6 Å². The van der Waals surface area contributed by atoms with Gasteiger partial charge in [-0.25, -0.2) is 4.98 Å². The molecule has 0 atom stereocenters.